The maximum atomic E-state index is 9.58. The van der Waals surface area contributed by atoms with E-state index in [0.29, 0.717) is 17.9 Å². The largest absolute Gasteiger partial charge is 0.507 e. The van der Waals surface area contributed by atoms with E-state index in [1.807, 2.05) is 0 Å². The number of phenolic OH excluding ortho intramolecular Hbond substituents is 1. The summed E-state index contributed by atoms with van der Waals surface area (Å²) in [5.41, 5.74) is 0.464. The summed E-state index contributed by atoms with van der Waals surface area (Å²) in [6.45, 7) is 2.83. The summed E-state index contributed by atoms with van der Waals surface area (Å²) in [6, 6.07) is 4.92. The molecule has 0 atom stereocenters. The summed E-state index contributed by atoms with van der Waals surface area (Å²) in [4.78, 5) is 0. The molecule has 17 heavy (non-hydrogen) atoms. The summed E-state index contributed by atoms with van der Waals surface area (Å²) in [5.74, 6) is 0.683. The van der Waals surface area contributed by atoms with Gasteiger partial charge < -0.3 is 15.1 Å². The molecule has 2 N–H and O–H groups in total. The number of nitrogens with zero attached hydrogens (tertiary/aromatic N) is 1. The average molecular weight is 237 g/mol. The lowest BCUT2D eigenvalue weighted by atomic mass is 10.2. The molecule has 1 aromatic rings. The lowest BCUT2D eigenvalue weighted by molar-refractivity contribution is 0.303. The molecule has 0 aromatic heterocycles. The van der Waals surface area contributed by atoms with Crippen molar-refractivity contribution in [2.24, 2.45) is 5.16 Å². The van der Waals surface area contributed by atoms with Crippen molar-refractivity contribution < 1.29 is 15.1 Å². The minimum atomic E-state index is 0.0499. The van der Waals surface area contributed by atoms with Crippen LogP contribution in [0.15, 0.2) is 23.4 Å². The van der Waals surface area contributed by atoms with Crippen LogP contribution in [0.1, 0.15) is 38.2 Å². The second-order valence-electron chi connectivity index (χ2n) is 3.87. The van der Waals surface area contributed by atoms with E-state index in [-0.39, 0.29) is 5.75 Å². The highest BCUT2D eigenvalue weighted by molar-refractivity contribution is 5.83. The molecule has 0 aliphatic rings. The second kappa shape index (κ2) is 7.54. The average Bonchev–Trinajstić information content (AvgIpc) is 2.32. The third kappa shape index (κ3) is 4.76. The van der Waals surface area contributed by atoms with Crippen LogP contribution in [0, 0.1) is 0 Å². The predicted molar refractivity (Wildman–Crippen MR) is 67.1 cm³/mol. The van der Waals surface area contributed by atoms with Gasteiger partial charge in [0, 0.05) is 11.6 Å². The van der Waals surface area contributed by atoms with Gasteiger partial charge in [-0.15, -0.1) is 0 Å². The first kappa shape index (κ1) is 13.4. The zero-order valence-corrected chi connectivity index (χ0v) is 10.1. The highest BCUT2D eigenvalue weighted by Gasteiger charge is 2.01. The molecule has 0 saturated heterocycles. The van der Waals surface area contributed by atoms with E-state index < -0.39 is 0 Å². The minimum absolute atomic E-state index is 0.0499. The second-order valence-corrected chi connectivity index (χ2v) is 3.87. The first-order valence-electron chi connectivity index (χ1n) is 5.91. The van der Waals surface area contributed by atoms with Crippen LogP contribution < -0.4 is 4.74 Å². The van der Waals surface area contributed by atoms with Crippen LogP contribution in [-0.2, 0) is 0 Å². The Hall–Kier alpha value is -1.71. The maximum absolute atomic E-state index is 9.58. The number of ether oxygens (including phenoxy) is 1. The summed E-state index contributed by atoms with van der Waals surface area (Å²) < 4.78 is 5.50. The van der Waals surface area contributed by atoms with Gasteiger partial charge in [0.15, 0.2) is 0 Å². The van der Waals surface area contributed by atoms with Gasteiger partial charge in [-0.25, -0.2) is 0 Å². The Balaban J connectivity index is 2.42. The molecule has 0 spiro atoms. The van der Waals surface area contributed by atoms with Crippen molar-refractivity contribution in [2.75, 3.05) is 6.61 Å². The lowest BCUT2D eigenvalue weighted by Crippen LogP contribution is -1.97. The molecule has 0 bridgehead atoms. The topological polar surface area (TPSA) is 62.0 Å². The Kier molecular flexibility index (Phi) is 5.93. The van der Waals surface area contributed by atoms with Crippen LogP contribution in [0.25, 0.3) is 0 Å². The highest BCUT2D eigenvalue weighted by atomic mass is 16.5. The molecule has 0 aliphatic heterocycles. The third-order valence-electron chi connectivity index (χ3n) is 2.47. The van der Waals surface area contributed by atoms with Crippen molar-refractivity contribution in [3.05, 3.63) is 23.8 Å². The van der Waals surface area contributed by atoms with Crippen molar-refractivity contribution in [3.63, 3.8) is 0 Å². The van der Waals surface area contributed by atoms with Gasteiger partial charge >= 0.3 is 0 Å². The van der Waals surface area contributed by atoms with Gasteiger partial charge in [-0.3, -0.25) is 0 Å². The van der Waals surface area contributed by atoms with Crippen LogP contribution in [-0.4, -0.2) is 23.1 Å². The Morgan fingerprint density at radius 1 is 1.29 bits per heavy atom. The molecule has 0 aliphatic carbocycles. The molecule has 94 valence electrons. The highest BCUT2D eigenvalue weighted by Crippen LogP contribution is 2.22. The number of benzene rings is 1. The van der Waals surface area contributed by atoms with Gasteiger partial charge in [0.05, 0.1) is 12.8 Å². The number of oxime groups is 1. The fourth-order valence-corrected chi connectivity index (χ4v) is 1.50. The molecule has 0 unspecified atom stereocenters. The molecular formula is C13H19NO3. The fourth-order valence-electron chi connectivity index (χ4n) is 1.50. The maximum Gasteiger partial charge on any atom is 0.128 e. The standard InChI is InChI=1S/C13H19NO3/c1-2-3-4-5-8-17-12-7-6-11(10-14-16)13(15)9-12/h6-7,9-10,15-16H,2-5,8H2,1H3. The Bertz CT molecular complexity index is 364. The molecule has 4 nitrogen and oxygen atoms in total. The van der Waals surface area contributed by atoms with E-state index in [9.17, 15) is 5.11 Å². The van der Waals surface area contributed by atoms with E-state index in [4.69, 9.17) is 9.94 Å². The van der Waals surface area contributed by atoms with Gasteiger partial charge in [-0.1, -0.05) is 31.3 Å². The molecule has 0 radical (unpaired) electrons. The molecule has 1 rings (SSSR count). The van der Waals surface area contributed by atoms with Crippen LogP contribution in [0.4, 0.5) is 0 Å². The zero-order valence-electron chi connectivity index (χ0n) is 10.1. The van der Waals surface area contributed by atoms with E-state index >= 15 is 0 Å². The number of hydrogen-bond acceptors (Lipinski definition) is 4. The zero-order chi connectivity index (χ0) is 12.5. The van der Waals surface area contributed by atoms with Crippen LogP contribution in [0.2, 0.25) is 0 Å². The Morgan fingerprint density at radius 2 is 2.12 bits per heavy atom. The smallest absolute Gasteiger partial charge is 0.128 e. The molecule has 4 heteroatoms. The van der Waals surface area contributed by atoms with E-state index in [0.717, 1.165) is 12.8 Å². The Labute approximate surface area is 102 Å². The summed E-state index contributed by atoms with van der Waals surface area (Å²) in [7, 11) is 0. The normalized spacial score (nSPS) is 10.9. The van der Waals surface area contributed by atoms with Crippen LogP contribution in [0.5, 0.6) is 11.5 Å². The molecule has 0 heterocycles. The monoisotopic (exact) mass is 237 g/mol. The predicted octanol–water partition coefficient (Wildman–Crippen LogP) is 3.16. The molecule has 0 amide bonds. The first-order chi connectivity index (χ1) is 8.27. The first-order valence-corrected chi connectivity index (χ1v) is 5.91. The number of phenols is 1. The van der Waals surface area contributed by atoms with Crippen LogP contribution >= 0.6 is 0 Å². The lowest BCUT2D eigenvalue weighted by Gasteiger charge is -2.07. The Morgan fingerprint density at radius 3 is 2.76 bits per heavy atom. The summed E-state index contributed by atoms with van der Waals surface area (Å²) in [6.07, 6.45) is 5.79. The van der Waals surface area contributed by atoms with Gasteiger partial charge in [-0.05, 0) is 18.6 Å². The quantitative estimate of drug-likeness (QED) is 0.331. The van der Waals surface area contributed by atoms with E-state index in [2.05, 4.69) is 12.1 Å². The summed E-state index contributed by atoms with van der Waals surface area (Å²) in [5, 5.41) is 20.8. The molecule has 0 fully saturated rings. The van der Waals surface area contributed by atoms with Gasteiger partial charge in [-0.2, -0.15) is 0 Å². The SMILES string of the molecule is CCCCCCOc1ccc(C=NO)c(O)c1. The number of aromatic hydroxyl groups is 1. The fraction of sp³-hybridized carbons (Fsp3) is 0.462. The van der Waals surface area contributed by atoms with Gasteiger partial charge in [0.2, 0.25) is 0 Å². The van der Waals surface area contributed by atoms with Crippen LogP contribution in [0.3, 0.4) is 0 Å². The van der Waals surface area contributed by atoms with Crippen molar-refractivity contribution in [2.45, 2.75) is 32.6 Å². The van der Waals surface area contributed by atoms with Crippen molar-refractivity contribution in [1.82, 2.24) is 0 Å². The van der Waals surface area contributed by atoms with E-state index in [1.54, 1.807) is 12.1 Å². The van der Waals surface area contributed by atoms with Crippen molar-refractivity contribution >= 4 is 6.21 Å². The molecular weight excluding hydrogens is 218 g/mol. The van der Waals surface area contributed by atoms with Crippen molar-refractivity contribution in [1.29, 1.82) is 0 Å². The number of rotatable bonds is 7. The minimum Gasteiger partial charge on any atom is -0.507 e. The number of hydrogen-bond donors (Lipinski definition) is 2. The van der Waals surface area contributed by atoms with E-state index in [1.165, 1.54) is 25.1 Å². The molecule has 1 aromatic carbocycles. The van der Waals surface area contributed by atoms with Gasteiger partial charge in [0.25, 0.3) is 0 Å². The van der Waals surface area contributed by atoms with Gasteiger partial charge in [0.1, 0.15) is 11.5 Å². The summed E-state index contributed by atoms with van der Waals surface area (Å²) >= 11 is 0. The third-order valence-corrected chi connectivity index (χ3v) is 2.47. The molecule has 0 saturated carbocycles. The number of unbranched alkanes of at least 4 members (excludes halogenated alkanes) is 3. The van der Waals surface area contributed by atoms with Crippen molar-refractivity contribution in [3.8, 4) is 11.5 Å².